The van der Waals surface area contributed by atoms with Gasteiger partial charge in [0.25, 0.3) is 5.69 Å². The lowest BCUT2D eigenvalue weighted by Gasteiger charge is -2.61. The van der Waals surface area contributed by atoms with Crippen molar-refractivity contribution in [1.29, 1.82) is 0 Å². The molecule has 4 aliphatic carbocycles. The summed E-state index contributed by atoms with van der Waals surface area (Å²) in [5.74, 6) is -0.416. The van der Waals surface area contributed by atoms with Gasteiger partial charge >= 0.3 is 6.18 Å². The van der Waals surface area contributed by atoms with Crippen molar-refractivity contribution in [3.8, 4) is 0 Å². The van der Waals surface area contributed by atoms with Gasteiger partial charge in [-0.05, 0) is 81.9 Å². The van der Waals surface area contributed by atoms with E-state index in [0.29, 0.717) is 18.4 Å². The summed E-state index contributed by atoms with van der Waals surface area (Å²) >= 11 is 0. The Labute approximate surface area is 167 Å². The molecule has 0 aromatic heterocycles. The minimum absolute atomic E-state index is 0.0499. The molecular formula is C21H25F3N2O3. The van der Waals surface area contributed by atoms with E-state index in [0.717, 1.165) is 6.42 Å². The molecule has 5 nitrogen and oxygen atoms in total. The van der Waals surface area contributed by atoms with E-state index in [9.17, 15) is 28.1 Å². The number of rotatable bonds is 4. The van der Waals surface area contributed by atoms with Gasteiger partial charge in [-0.1, -0.05) is 0 Å². The number of nitro benzene ring substituents is 1. The van der Waals surface area contributed by atoms with Gasteiger partial charge in [-0.25, -0.2) is 0 Å². The van der Waals surface area contributed by atoms with Gasteiger partial charge in [0, 0.05) is 12.1 Å². The topological polar surface area (TPSA) is 72.2 Å². The van der Waals surface area contributed by atoms with Crippen LogP contribution < -0.4 is 5.32 Å². The number of benzene rings is 1. The molecular weight excluding hydrogens is 385 g/mol. The van der Waals surface area contributed by atoms with Crippen LogP contribution in [0.2, 0.25) is 0 Å². The van der Waals surface area contributed by atoms with Crippen LogP contribution in [0.15, 0.2) is 24.3 Å². The van der Waals surface area contributed by atoms with E-state index in [4.69, 9.17) is 0 Å². The fourth-order valence-electron chi connectivity index (χ4n) is 6.35. The summed E-state index contributed by atoms with van der Waals surface area (Å²) < 4.78 is 41.9. The summed E-state index contributed by atoms with van der Waals surface area (Å²) in [4.78, 5) is 23.7. The summed E-state index contributed by atoms with van der Waals surface area (Å²) in [7, 11) is 0. The Hall–Kier alpha value is -2.12. The molecule has 5 rings (SSSR count). The van der Waals surface area contributed by atoms with Crippen LogP contribution in [0.1, 0.15) is 57.9 Å². The predicted octanol–water partition coefficient (Wildman–Crippen LogP) is 5.10. The van der Waals surface area contributed by atoms with Crippen LogP contribution >= 0.6 is 0 Å². The number of amides is 1. The maximum Gasteiger partial charge on any atom is 0.394 e. The molecule has 8 heteroatoms. The molecule has 4 fully saturated rings. The van der Waals surface area contributed by atoms with E-state index >= 15 is 0 Å². The van der Waals surface area contributed by atoms with Gasteiger partial charge in [0.2, 0.25) is 5.91 Å². The molecule has 0 spiro atoms. The Morgan fingerprint density at radius 2 is 1.66 bits per heavy atom. The fraction of sp³-hybridized carbons (Fsp3) is 0.667. The summed E-state index contributed by atoms with van der Waals surface area (Å²) in [6.07, 6.45) is -2.30. The lowest BCUT2D eigenvalue weighted by molar-refractivity contribution is -0.384. The summed E-state index contributed by atoms with van der Waals surface area (Å²) in [5, 5.41) is 13.8. The number of carbonyl (C=O) groups excluding carboxylic acids is 1. The number of halogens is 3. The van der Waals surface area contributed by atoms with Gasteiger partial charge < -0.3 is 5.32 Å². The number of carbonyl (C=O) groups is 1. The first kappa shape index (κ1) is 20.2. The first-order valence-electron chi connectivity index (χ1n) is 10.0. The normalized spacial score (nSPS) is 33.6. The number of alkyl halides is 3. The van der Waals surface area contributed by atoms with Crippen molar-refractivity contribution in [2.24, 2.45) is 22.7 Å². The zero-order valence-corrected chi connectivity index (χ0v) is 16.5. The third kappa shape index (κ3) is 3.20. The second-order valence-corrected chi connectivity index (χ2v) is 9.90. The van der Waals surface area contributed by atoms with E-state index < -0.39 is 27.5 Å². The van der Waals surface area contributed by atoms with E-state index in [1.165, 1.54) is 12.1 Å². The minimum atomic E-state index is -4.29. The number of nitrogens with zero attached hydrogens (tertiary/aromatic N) is 1. The van der Waals surface area contributed by atoms with Gasteiger partial charge in [0.1, 0.15) is 0 Å². The molecule has 1 aromatic carbocycles. The molecule has 4 bridgehead atoms. The minimum Gasteiger partial charge on any atom is -0.347 e. The Morgan fingerprint density at radius 3 is 2.14 bits per heavy atom. The largest absolute Gasteiger partial charge is 0.394 e. The highest BCUT2D eigenvalue weighted by atomic mass is 19.4. The first-order valence-corrected chi connectivity index (χ1v) is 10.0. The molecule has 1 amide bonds. The average Bonchev–Trinajstić information content (AvgIpc) is 2.59. The average molecular weight is 410 g/mol. The SMILES string of the molecule is CC(C)(NC(=O)C12CC3CC(C1)CC(C(F)(F)F)(C3)C2)c1ccc([N+](=O)[O-])cc1. The van der Waals surface area contributed by atoms with Crippen molar-refractivity contribution in [2.75, 3.05) is 0 Å². The number of hydrogen-bond acceptors (Lipinski definition) is 3. The highest BCUT2D eigenvalue weighted by molar-refractivity contribution is 5.84. The van der Waals surface area contributed by atoms with Crippen molar-refractivity contribution >= 4 is 11.6 Å². The second kappa shape index (κ2) is 6.19. The molecule has 1 aromatic rings. The van der Waals surface area contributed by atoms with Gasteiger partial charge in [-0.3, -0.25) is 14.9 Å². The lowest BCUT2D eigenvalue weighted by atomic mass is 9.43. The quantitative estimate of drug-likeness (QED) is 0.555. The summed E-state index contributed by atoms with van der Waals surface area (Å²) in [6, 6.07) is 5.89. The zero-order chi connectivity index (χ0) is 21.2. The second-order valence-electron chi connectivity index (χ2n) is 9.90. The highest BCUT2D eigenvalue weighted by Gasteiger charge is 2.69. The van der Waals surface area contributed by atoms with E-state index in [2.05, 4.69) is 5.32 Å². The molecule has 1 N–H and O–H groups in total. The molecule has 0 aliphatic heterocycles. The Bertz CT molecular complexity index is 834. The molecule has 158 valence electrons. The molecule has 2 atom stereocenters. The summed E-state index contributed by atoms with van der Waals surface area (Å²) in [6.45, 7) is 3.54. The zero-order valence-electron chi connectivity index (χ0n) is 16.5. The van der Waals surface area contributed by atoms with Crippen LogP contribution in [0.4, 0.5) is 18.9 Å². The van der Waals surface area contributed by atoms with Crippen LogP contribution in [0.25, 0.3) is 0 Å². The number of nitro groups is 1. The van der Waals surface area contributed by atoms with Gasteiger partial charge in [-0.2, -0.15) is 13.2 Å². The molecule has 29 heavy (non-hydrogen) atoms. The van der Waals surface area contributed by atoms with Crippen molar-refractivity contribution in [1.82, 2.24) is 5.32 Å². The number of nitrogens with one attached hydrogen (secondary N) is 1. The van der Waals surface area contributed by atoms with Crippen molar-refractivity contribution in [3.63, 3.8) is 0 Å². The molecule has 0 saturated heterocycles. The molecule has 0 radical (unpaired) electrons. The number of hydrogen-bond donors (Lipinski definition) is 1. The van der Waals surface area contributed by atoms with E-state index in [1.807, 2.05) is 0 Å². The first-order chi connectivity index (χ1) is 13.4. The van der Waals surface area contributed by atoms with Crippen molar-refractivity contribution in [3.05, 3.63) is 39.9 Å². The highest BCUT2D eigenvalue weighted by Crippen LogP contribution is 2.69. The monoisotopic (exact) mass is 410 g/mol. The molecule has 4 aliphatic rings. The lowest BCUT2D eigenvalue weighted by Crippen LogP contribution is -2.62. The van der Waals surface area contributed by atoms with Gasteiger partial charge in [0.15, 0.2) is 0 Å². The van der Waals surface area contributed by atoms with Crippen LogP contribution in [0, 0.1) is 32.8 Å². The van der Waals surface area contributed by atoms with Gasteiger partial charge in [-0.15, -0.1) is 0 Å². The Balaban J connectivity index is 1.58. The van der Waals surface area contributed by atoms with Crippen molar-refractivity contribution < 1.29 is 22.9 Å². The number of non-ortho nitro benzene ring substituents is 1. The van der Waals surface area contributed by atoms with Crippen LogP contribution in [0.5, 0.6) is 0 Å². The third-order valence-electron chi connectivity index (χ3n) is 7.37. The van der Waals surface area contributed by atoms with Gasteiger partial charge in [0.05, 0.1) is 21.3 Å². The Morgan fingerprint density at radius 1 is 1.10 bits per heavy atom. The predicted molar refractivity (Wildman–Crippen MR) is 99.9 cm³/mol. The third-order valence-corrected chi connectivity index (χ3v) is 7.37. The standard InChI is InChI=1S/C21H25F3N2O3/c1-18(2,15-3-5-16(6-4-15)26(28)29)25-17(27)19-8-13-7-14(9-19)11-20(10-13,12-19)21(22,23)24/h3-6,13-14H,7-12H2,1-2H3,(H,25,27). The smallest absolute Gasteiger partial charge is 0.347 e. The van der Waals surface area contributed by atoms with Crippen molar-refractivity contribution in [2.45, 2.75) is 64.1 Å². The van der Waals surface area contributed by atoms with E-state index in [1.54, 1.807) is 26.0 Å². The molecule has 0 heterocycles. The van der Waals surface area contributed by atoms with Crippen LogP contribution in [0.3, 0.4) is 0 Å². The summed E-state index contributed by atoms with van der Waals surface area (Å²) in [5.41, 5.74) is -2.93. The maximum absolute atomic E-state index is 14.0. The molecule has 2 unspecified atom stereocenters. The van der Waals surface area contributed by atoms with E-state index in [-0.39, 0.29) is 42.7 Å². The fourth-order valence-corrected chi connectivity index (χ4v) is 6.35. The van der Waals surface area contributed by atoms with Crippen LogP contribution in [-0.2, 0) is 10.3 Å². The van der Waals surface area contributed by atoms with Crippen LogP contribution in [-0.4, -0.2) is 17.0 Å². The molecule has 4 saturated carbocycles. The maximum atomic E-state index is 14.0. The Kier molecular flexibility index (Phi) is 4.30.